The number of amides is 1. The molecule has 2 aromatic carbocycles. The zero-order valence-corrected chi connectivity index (χ0v) is 18.9. The Morgan fingerprint density at radius 3 is 2.42 bits per heavy atom. The lowest BCUT2D eigenvalue weighted by atomic mass is 10.2. The Hall–Kier alpha value is -4.20. The molecule has 2 N–H and O–H groups in total. The number of hydrogen-bond acceptors (Lipinski definition) is 6. The topological polar surface area (TPSA) is 123 Å². The van der Waals surface area contributed by atoms with Crippen LogP contribution in [0, 0.1) is 0 Å². The molecule has 0 radical (unpaired) electrons. The van der Waals surface area contributed by atoms with Gasteiger partial charge in [0.2, 0.25) is 5.82 Å². The highest BCUT2D eigenvalue weighted by molar-refractivity contribution is 6.30. The molecule has 2 heterocycles. The third-order valence-electron chi connectivity index (χ3n) is 4.82. The third kappa shape index (κ3) is 5.22. The van der Waals surface area contributed by atoms with Crippen molar-refractivity contribution < 1.29 is 27.1 Å². The lowest BCUT2D eigenvalue weighted by Crippen LogP contribution is -2.26. The maximum Gasteiger partial charge on any atom is 0.573 e. The van der Waals surface area contributed by atoms with Gasteiger partial charge in [-0.15, -0.1) is 23.4 Å². The van der Waals surface area contributed by atoms with Crippen molar-refractivity contribution in [2.75, 3.05) is 6.67 Å². The number of benzene rings is 2. The Labute approximate surface area is 204 Å². The second-order valence-electron chi connectivity index (χ2n) is 7.25. The smallest absolute Gasteiger partial charge is 0.403 e. The Balaban J connectivity index is 1.76. The van der Waals surface area contributed by atoms with Gasteiger partial charge < -0.3 is 10.5 Å². The van der Waals surface area contributed by atoms with Crippen molar-refractivity contribution in [3.05, 3.63) is 75.7 Å². The van der Waals surface area contributed by atoms with Crippen LogP contribution in [0.5, 0.6) is 5.75 Å². The van der Waals surface area contributed by atoms with Crippen molar-refractivity contribution in [3.8, 4) is 22.8 Å². The van der Waals surface area contributed by atoms with Gasteiger partial charge in [-0.25, -0.2) is 23.5 Å². The molecule has 0 spiro atoms. The molecule has 1 amide bonds. The molecular formula is C21H16ClF4N7O3. The van der Waals surface area contributed by atoms with Gasteiger partial charge in [-0.1, -0.05) is 23.7 Å². The molecule has 0 unspecified atom stereocenters. The summed E-state index contributed by atoms with van der Waals surface area (Å²) in [4.78, 5) is 28.8. The van der Waals surface area contributed by atoms with Crippen LogP contribution >= 0.6 is 11.6 Å². The van der Waals surface area contributed by atoms with Gasteiger partial charge in [-0.2, -0.15) is 0 Å². The molecule has 2 aromatic heterocycles. The van der Waals surface area contributed by atoms with Crippen LogP contribution in [0.25, 0.3) is 17.1 Å². The number of ether oxygens (including phenoxy) is 1. The highest BCUT2D eigenvalue weighted by Gasteiger charge is 2.33. The molecule has 0 aliphatic heterocycles. The predicted molar refractivity (Wildman–Crippen MR) is 119 cm³/mol. The van der Waals surface area contributed by atoms with E-state index in [-0.39, 0.29) is 23.9 Å². The fourth-order valence-electron chi connectivity index (χ4n) is 3.37. The number of rotatable bonds is 8. The quantitative estimate of drug-likeness (QED) is 0.353. The van der Waals surface area contributed by atoms with Crippen LogP contribution in [-0.2, 0) is 13.1 Å². The van der Waals surface area contributed by atoms with Gasteiger partial charge in [0.15, 0.2) is 17.4 Å². The number of hydrogen-bond donors (Lipinski definition) is 1. The third-order valence-corrected chi connectivity index (χ3v) is 5.07. The van der Waals surface area contributed by atoms with Gasteiger partial charge in [-0.3, -0.25) is 9.36 Å². The van der Waals surface area contributed by atoms with Gasteiger partial charge in [0.25, 0.3) is 5.91 Å². The van der Waals surface area contributed by atoms with E-state index < -0.39 is 42.8 Å². The first-order valence-electron chi connectivity index (χ1n) is 10.2. The summed E-state index contributed by atoms with van der Waals surface area (Å²) in [5.74, 6) is -2.27. The van der Waals surface area contributed by atoms with Crippen LogP contribution in [0.2, 0.25) is 5.02 Å². The van der Waals surface area contributed by atoms with Gasteiger partial charge in [0.05, 0.1) is 6.54 Å². The zero-order valence-electron chi connectivity index (χ0n) is 18.1. The number of para-hydroxylation sites is 2. The van der Waals surface area contributed by atoms with E-state index in [9.17, 15) is 27.2 Å². The Morgan fingerprint density at radius 2 is 1.78 bits per heavy atom. The van der Waals surface area contributed by atoms with E-state index in [0.29, 0.717) is 10.6 Å². The van der Waals surface area contributed by atoms with Crippen LogP contribution < -0.4 is 16.2 Å². The zero-order chi connectivity index (χ0) is 26.0. The van der Waals surface area contributed by atoms with Gasteiger partial charge in [0, 0.05) is 10.6 Å². The molecule has 4 rings (SSSR count). The van der Waals surface area contributed by atoms with Crippen LogP contribution in [0.15, 0.2) is 53.3 Å². The molecule has 15 heteroatoms. The summed E-state index contributed by atoms with van der Waals surface area (Å²) < 4.78 is 58.6. The molecule has 0 bridgehead atoms. The van der Waals surface area contributed by atoms with Crippen molar-refractivity contribution in [1.29, 1.82) is 0 Å². The number of carbonyl (C=O) groups excluding carboxylic acids is 1. The molecule has 0 saturated carbocycles. The van der Waals surface area contributed by atoms with Crippen molar-refractivity contribution in [3.63, 3.8) is 0 Å². The molecular weight excluding hydrogens is 510 g/mol. The van der Waals surface area contributed by atoms with E-state index in [1.54, 1.807) is 24.3 Å². The van der Waals surface area contributed by atoms with E-state index >= 15 is 0 Å². The Morgan fingerprint density at radius 1 is 1.08 bits per heavy atom. The second-order valence-corrected chi connectivity index (χ2v) is 7.69. The fraction of sp³-hybridized carbons (Fsp3) is 0.190. The number of alkyl halides is 4. The summed E-state index contributed by atoms with van der Waals surface area (Å²) >= 11 is 5.90. The van der Waals surface area contributed by atoms with E-state index in [1.165, 1.54) is 18.2 Å². The first kappa shape index (κ1) is 24.9. The molecule has 10 nitrogen and oxygen atoms in total. The normalized spacial score (nSPS) is 11.6. The largest absolute Gasteiger partial charge is 0.573 e. The Kier molecular flexibility index (Phi) is 6.79. The van der Waals surface area contributed by atoms with E-state index in [0.717, 1.165) is 20.0 Å². The van der Waals surface area contributed by atoms with Crippen LogP contribution in [0.3, 0.4) is 0 Å². The molecule has 4 aromatic rings. The molecule has 0 aliphatic carbocycles. The van der Waals surface area contributed by atoms with Gasteiger partial charge in [-0.05, 0) is 36.4 Å². The SMILES string of the molecule is NC(=O)c1nc(Cn2nc(-c3ccc(Cl)cc3)n(CCF)c2=O)nn1-c1ccccc1OC(F)(F)F. The number of carbonyl (C=O) groups is 1. The average molecular weight is 526 g/mol. The molecule has 0 atom stereocenters. The maximum absolute atomic E-state index is 13.2. The number of primary amides is 1. The summed E-state index contributed by atoms with van der Waals surface area (Å²) in [7, 11) is 0. The molecule has 0 aliphatic rings. The van der Waals surface area contributed by atoms with Crippen molar-refractivity contribution >= 4 is 17.5 Å². The predicted octanol–water partition coefficient (Wildman–Crippen LogP) is 2.96. The van der Waals surface area contributed by atoms with E-state index in [1.807, 2.05) is 0 Å². The minimum atomic E-state index is -5.01. The summed E-state index contributed by atoms with van der Waals surface area (Å²) in [5.41, 5.74) is 4.88. The van der Waals surface area contributed by atoms with E-state index in [4.69, 9.17) is 17.3 Å². The molecule has 0 fully saturated rings. The van der Waals surface area contributed by atoms with Gasteiger partial charge in [0.1, 0.15) is 18.9 Å². The number of nitrogens with zero attached hydrogens (tertiary/aromatic N) is 6. The highest BCUT2D eigenvalue weighted by atomic mass is 35.5. The van der Waals surface area contributed by atoms with Crippen LogP contribution in [0.4, 0.5) is 17.6 Å². The first-order chi connectivity index (χ1) is 17.1. The minimum absolute atomic E-state index is 0.146. The maximum atomic E-state index is 13.2. The second kappa shape index (κ2) is 9.81. The molecule has 188 valence electrons. The summed E-state index contributed by atoms with van der Waals surface area (Å²) in [6.45, 7) is -1.53. The van der Waals surface area contributed by atoms with E-state index in [2.05, 4.69) is 19.9 Å². The summed E-state index contributed by atoms with van der Waals surface area (Å²) in [6, 6.07) is 11.3. The monoisotopic (exact) mass is 525 g/mol. The van der Waals surface area contributed by atoms with Crippen LogP contribution in [0.1, 0.15) is 16.4 Å². The number of halogens is 5. The lowest BCUT2D eigenvalue weighted by molar-refractivity contribution is -0.274. The standard InChI is InChI=1S/C21H16ClF4N7O3/c22-13-7-5-12(6-8-13)18-30-32(20(35)31(18)10-9-23)11-16-28-19(17(27)34)33(29-16)14-3-1-2-4-15(14)36-21(24,25)26/h1-8H,9-11H2,(H2,27,34). The molecule has 0 saturated heterocycles. The number of aromatic nitrogens is 6. The van der Waals surface area contributed by atoms with Crippen molar-refractivity contribution in [2.45, 2.75) is 19.5 Å². The number of nitrogens with two attached hydrogens (primary N) is 1. The Bertz CT molecular complexity index is 1460. The molecule has 36 heavy (non-hydrogen) atoms. The van der Waals surface area contributed by atoms with Crippen molar-refractivity contribution in [1.82, 2.24) is 29.1 Å². The summed E-state index contributed by atoms with van der Waals surface area (Å²) in [6.07, 6.45) is -5.01. The average Bonchev–Trinajstić information content (AvgIpc) is 3.36. The minimum Gasteiger partial charge on any atom is -0.403 e. The fourth-order valence-corrected chi connectivity index (χ4v) is 3.49. The van der Waals surface area contributed by atoms with Gasteiger partial charge >= 0.3 is 12.1 Å². The lowest BCUT2D eigenvalue weighted by Gasteiger charge is -2.13. The summed E-state index contributed by atoms with van der Waals surface area (Å²) in [5, 5.41) is 8.72. The highest BCUT2D eigenvalue weighted by Crippen LogP contribution is 2.29. The van der Waals surface area contributed by atoms with Crippen molar-refractivity contribution in [2.24, 2.45) is 5.73 Å². The van der Waals surface area contributed by atoms with Crippen LogP contribution in [-0.4, -0.2) is 48.1 Å². The first-order valence-corrected chi connectivity index (χ1v) is 10.6.